The average Bonchev–Trinajstić information content (AvgIpc) is 2.62. The number of carbonyl (C=O) groups is 2. The Morgan fingerprint density at radius 1 is 1.00 bits per heavy atom. The molecule has 0 saturated carbocycles. The fraction of sp³-hybridized carbons (Fsp3) is 0.263. The maximum absolute atomic E-state index is 11.9. The van der Waals surface area contributed by atoms with E-state index >= 15 is 0 Å². The molecule has 0 fully saturated rings. The highest BCUT2D eigenvalue weighted by molar-refractivity contribution is 6.39. The first kappa shape index (κ1) is 17.5. The van der Waals surface area contributed by atoms with E-state index in [0.29, 0.717) is 18.8 Å². The number of hydrogen-bond donors (Lipinski definition) is 2. The molecule has 0 unspecified atom stereocenters. The molecule has 0 aliphatic carbocycles. The topological polar surface area (TPSA) is 67.4 Å². The summed E-state index contributed by atoms with van der Waals surface area (Å²) in [5, 5.41) is 5.22. The van der Waals surface area contributed by atoms with Crippen molar-refractivity contribution >= 4 is 17.5 Å². The number of ether oxygens (including phenoxy) is 1. The monoisotopic (exact) mass is 326 g/mol. The van der Waals surface area contributed by atoms with Gasteiger partial charge >= 0.3 is 11.8 Å². The molecule has 24 heavy (non-hydrogen) atoms. The van der Waals surface area contributed by atoms with Crippen LogP contribution in [0.3, 0.4) is 0 Å². The normalized spacial score (nSPS) is 11.4. The maximum Gasteiger partial charge on any atom is 0.313 e. The van der Waals surface area contributed by atoms with Gasteiger partial charge in [-0.1, -0.05) is 37.3 Å². The van der Waals surface area contributed by atoms with E-state index in [1.807, 2.05) is 44.2 Å². The maximum atomic E-state index is 11.9. The number of carbonyl (C=O) groups excluding carboxylic acids is 2. The molecule has 0 radical (unpaired) electrons. The van der Waals surface area contributed by atoms with Crippen LogP contribution in [0.1, 0.15) is 25.3 Å². The molecule has 2 aromatic rings. The minimum Gasteiger partial charge on any atom is -0.494 e. The fourth-order valence-electron chi connectivity index (χ4n) is 2.21. The molecule has 5 nitrogen and oxygen atoms in total. The van der Waals surface area contributed by atoms with Crippen molar-refractivity contribution < 1.29 is 14.3 Å². The first-order valence-electron chi connectivity index (χ1n) is 7.97. The van der Waals surface area contributed by atoms with Gasteiger partial charge in [-0.3, -0.25) is 9.59 Å². The summed E-state index contributed by atoms with van der Waals surface area (Å²) in [6.07, 6.45) is 0. The molecule has 0 heterocycles. The van der Waals surface area contributed by atoms with Gasteiger partial charge in [0.1, 0.15) is 5.75 Å². The van der Waals surface area contributed by atoms with Crippen molar-refractivity contribution in [1.29, 1.82) is 0 Å². The van der Waals surface area contributed by atoms with Crippen molar-refractivity contribution in [2.75, 3.05) is 18.5 Å². The summed E-state index contributed by atoms with van der Waals surface area (Å²) in [4.78, 5) is 23.8. The molecule has 0 aliphatic heterocycles. The van der Waals surface area contributed by atoms with E-state index in [0.717, 1.165) is 11.3 Å². The van der Waals surface area contributed by atoms with Crippen molar-refractivity contribution in [3.63, 3.8) is 0 Å². The third-order valence-electron chi connectivity index (χ3n) is 3.57. The predicted molar refractivity (Wildman–Crippen MR) is 94.1 cm³/mol. The van der Waals surface area contributed by atoms with Gasteiger partial charge in [-0.05, 0) is 42.7 Å². The van der Waals surface area contributed by atoms with Gasteiger partial charge in [-0.2, -0.15) is 0 Å². The number of anilines is 1. The molecule has 0 aromatic heterocycles. The molecular weight excluding hydrogens is 304 g/mol. The van der Waals surface area contributed by atoms with Crippen molar-refractivity contribution in [3.8, 4) is 5.75 Å². The smallest absolute Gasteiger partial charge is 0.313 e. The lowest BCUT2D eigenvalue weighted by atomic mass is 10.0. The standard InChI is InChI=1S/C19H22N2O3/c1-3-24-17-11-9-16(10-12-17)21-19(23)18(22)20-13-14(2)15-7-5-4-6-8-15/h4-12,14H,3,13H2,1-2H3,(H,20,22)(H,21,23)/t14-/m1/s1. The highest BCUT2D eigenvalue weighted by Crippen LogP contribution is 2.16. The van der Waals surface area contributed by atoms with E-state index in [1.165, 1.54) is 0 Å². The van der Waals surface area contributed by atoms with Crippen LogP contribution in [0.2, 0.25) is 0 Å². The van der Waals surface area contributed by atoms with Crippen molar-refractivity contribution in [1.82, 2.24) is 5.32 Å². The van der Waals surface area contributed by atoms with Crippen LogP contribution in [-0.4, -0.2) is 25.0 Å². The lowest BCUT2D eigenvalue weighted by Crippen LogP contribution is -2.37. The molecular formula is C19H22N2O3. The van der Waals surface area contributed by atoms with Crippen LogP contribution in [0.4, 0.5) is 5.69 Å². The van der Waals surface area contributed by atoms with E-state index in [2.05, 4.69) is 10.6 Å². The molecule has 0 spiro atoms. The molecule has 0 aliphatic rings. The zero-order valence-electron chi connectivity index (χ0n) is 13.9. The Kier molecular flexibility index (Phi) is 6.37. The van der Waals surface area contributed by atoms with E-state index < -0.39 is 11.8 Å². The second-order valence-corrected chi connectivity index (χ2v) is 5.43. The summed E-state index contributed by atoms with van der Waals surface area (Å²) in [5.41, 5.74) is 1.67. The molecule has 2 amide bonds. The van der Waals surface area contributed by atoms with Crippen LogP contribution in [0.25, 0.3) is 0 Å². The van der Waals surface area contributed by atoms with E-state index in [9.17, 15) is 9.59 Å². The first-order valence-corrected chi connectivity index (χ1v) is 7.97. The number of nitrogens with one attached hydrogen (secondary N) is 2. The Morgan fingerprint density at radius 3 is 2.29 bits per heavy atom. The van der Waals surface area contributed by atoms with Crippen LogP contribution in [-0.2, 0) is 9.59 Å². The zero-order valence-corrected chi connectivity index (χ0v) is 13.9. The van der Waals surface area contributed by atoms with Gasteiger partial charge in [0.2, 0.25) is 0 Å². The van der Waals surface area contributed by atoms with Gasteiger partial charge in [0.25, 0.3) is 0 Å². The molecule has 0 saturated heterocycles. The largest absolute Gasteiger partial charge is 0.494 e. The van der Waals surface area contributed by atoms with Gasteiger partial charge < -0.3 is 15.4 Å². The van der Waals surface area contributed by atoms with Gasteiger partial charge in [0.05, 0.1) is 6.61 Å². The van der Waals surface area contributed by atoms with Crippen molar-refractivity contribution in [2.24, 2.45) is 0 Å². The summed E-state index contributed by atoms with van der Waals surface area (Å²) >= 11 is 0. The van der Waals surface area contributed by atoms with Crippen LogP contribution in [0.5, 0.6) is 5.75 Å². The quantitative estimate of drug-likeness (QED) is 0.802. The molecule has 0 bridgehead atoms. The van der Waals surface area contributed by atoms with Gasteiger partial charge in [-0.15, -0.1) is 0 Å². The second-order valence-electron chi connectivity index (χ2n) is 5.43. The Balaban J connectivity index is 1.82. The summed E-state index contributed by atoms with van der Waals surface area (Å²) < 4.78 is 5.33. The lowest BCUT2D eigenvalue weighted by Gasteiger charge is -2.13. The summed E-state index contributed by atoms with van der Waals surface area (Å²) in [6, 6.07) is 16.7. The molecule has 126 valence electrons. The van der Waals surface area contributed by atoms with Crippen LogP contribution < -0.4 is 15.4 Å². The Labute approximate surface area is 142 Å². The number of rotatable bonds is 6. The highest BCUT2D eigenvalue weighted by atomic mass is 16.5. The van der Waals surface area contributed by atoms with Crippen LogP contribution >= 0.6 is 0 Å². The molecule has 2 N–H and O–H groups in total. The van der Waals surface area contributed by atoms with Gasteiger partial charge in [-0.25, -0.2) is 0 Å². The summed E-state index contributed by atoms with van der Waals surface area (Å²) in [7, 11) is 0. The van der Waals surface area contributed by atoms with E-state index in [4.69, 9.17) is 4.74 Å². The molecule has 2 aromatic carbocycles. The zero-order chi connectivity index (χ0) is 17.4. The van der Waals surface area contributed by atoms with Crippen molar-refractivity contribution in [3.05, 3.63) is 60.2 Å². The summed E-state index contributed by atoms with van der Waals surface area (Å²) in [6.45, 7) is 4.88. The Hall–Kier alpha value is -2.82. The van der Waals surface area contributed by atoms with Gasteiger partial charge in [0, 0.05) is 12.2 Å². The third kappa shape index (κ3) is 5.12. The number of benzene rings is 2. The van der Waals surface area contributed by atoms with Gasteiger partial charge in [0.15, 0.2) is 0 Å². The SMILES string of the molecule is CCOc1ccc(NC(=O)C(=O)NC[C@@H](C)c2ccccc2)cc1. The first-order chi connectivity index (χ1) is 11.6. The molecule has 1 atom stereocenters. The van der Waals surface area contributed by atoms with Crippen molar-refractivity contribution in [2.45, 2.75) is 19.8 Å². The van der Waals surface area contributed by atoms with Crippen LogP contribution in [0.15, 0.2) is 54.6 Å². The number of hydrogen-bond acceptors (Lipinski definition) is 3. The average molecular weight is 326 g/mol. The minimum absolute atomic E-state index is 0.133. The van der Waals surface area contributed by atoms with E-state index in [-0.39, 0.29) is 5.92 Å². The summed E-state index contributed by atoms with van der Waals surface area (Å²) in [5.74, 6) is -0.476. The van der Waals surface area contributed by atoms with Crippen LogP contribution in [0, 0.1) is 0 Å². The highest BCUT2D eigenvalue weighted by Gasteiger charge is 2.15. The third-order valence-corrected chi connectivity index (χ3v) is 3.57. The number of amides is 2. The Bertz CT molecular complexity index is 669. The Morgan fingerprint density at radius 2 is 1.67 bits per heavy atom. The second kappa shape index (κ2) is 8.72. The minimum atomic E-state index is -0.681. The fourth-order valence-corrected chi connectivity index (χ4v) is 2.21. The van der Waals surface area contributed by atoms with E-state index in [1.54, 1.807) is 24.3 Å². The predicted octanol–water partition coefficient (Wildman–Crippen LogP) is 2.94. The molecule has 5 heteroatoms. The molecule has 2 rings (SSSR count). The lowest BCUT2D eigenvalue weighted by molar-refractivity contribution is -0.136.